The van der Waals surface area contributed by atoms with Crippen LogP contribution in [-0.2, 0) is 34.4 Å². The van der Waals surface area contributed by atoms with E-state index in [-0.39, 0.29) is 11.4 Å². The molecular weight excluding hydrogens is 446 g/mol. The van der Waals surface area contributed by atoms with Gasteiger partial charge in [-0.05, 0) is 56.9 Å². The Labute approximate surface area is 182 Å². The monoisotopic (exact) mass is 473 g/mol. The Bertz CT molecular complexity index is 1030. The summed E-state index contributed by atoms with van der Waals surface area (Å²) in [5.41, 5.74) is 0.354. The number of nitrogens with zero attached hydrogens (tertiary/aromatic N) is 2. The third kappa shape index (κ3) is 5.43. The molecule has 0 aromatic heterocycles. The van der Waals surface area contributed by atoms with Gasteiger partial charge in [-0.15, -0.1) is 0 Å². The summed E-state index contributed by atoms with van der Waals surface area (Å²) < 4.78 is 56.4. The molecule has 1 aromatic rings. The van der Waals surface area contributed by atoms with E-state index in [9.17, 15) is 26.4 Å². The van der Waals surface area contributed by atoms with E-state index in [0.29, 0.717) is 31.6 Å². The van der Waals surface area contributed by atoms with E-state index in [0.717, 1.165) is 23.4 Å². The summed E-state index contributed by atoms with van der Waals surface area (Å²) in [6.07, 6.45) is 2.44. The highest BCUT2D eigenvalue weighted by Gasteiger charge is 2.38. The minimum absolute atomic E-state index is 0.147. The number of rotatable bonds is 7. The molecule has 1 amide bonds. The van der Waals surface area contributed by atoms with E-state index < -0.39 is 44.1 Å². The zero-order chi connectivity index (χ0) is 22.8. The van der Waals surface area contributed by atoms with E-state index in [1.807, 2.05) is 0 Å². The van der Waals surface area contributed by atoms with Gasteiger partial charge in [0.25, 0.3) is 5.91 Å². The summed E-state index contributed by atoms with van der Waals surface area (Å²) in [6.45, 7) is 2.63. The van der Waals surface area contributed by atoms with Crippen molar-refractivity contribution in [3.8, 4) is 0 Å². The first-order valence-electron chi connectivity index (χ1n) is 10.1. The molecule has 1 aromatic carbocycles. The molecule has 0 saturated carbocycles. The number of carbonyl (C=O) groups is 2. The van der Waals surface area contributed by atoms with Crippen LogP contribution in [0.15, 0.2) is 29.2 Å². The van der Waals surface area contributed by atoms with Gasteiger partial charge in [0.1, 0.15) is 6.04 Å². The van der Waals surface area contributed by atoms with E-state index in [1.165, 1.54) is 35.5 Å². The molecule has 2 aliphatic rings. The van der Waals surface area contributed by atoms with Gasteiger partial charge in [-0.2, -0.15) is 8.61 Å². The quantitative estimate of drug-likeness (QED) is 0.579. The maximum absolute atomic E-state index is 12.6. The summed E-state index contributed by atoms with van der Waals surface area (Å²) in [6, 6.07) is 4.85. The molecule has 2 heterocycles. The zero-order valence-corrected chi connectivity index (χ0v) is 19.1. The first-order valence-corrected chi connectivity index (χ1v) is 13.4. The third-order valence-corrected chi connectivity index (χ3v) is 8.59. The number of nitrogens with one attached hydrogen (secondary N) is 1. The van der Waals surface area contributed by atoms with Crippen molar-refractivity contribution in [1.82, 2.24) is 8.61 Å². The van der Waals surface area contributed by atoms with Crippen LogP contribution in [0.3, 0.4) is 0 Å². The van der Waals surface area contributed by atoms with Gasteiger partial charge in [0, 0.05) is 25.3 Å². The van der Waals surface area contributed by atoms with Gasteiger partial charge in [0.05, 0.1) is 11.2 Å². The molecule has 0 radical (unpaired) electrons. The predicted molar refractivity (Wildman–Crippen MR) is 113 cm³/mol. The average molecular weight is 474 g/mol. The lowest BCUT2D eigenvalue weighted by molar-refractivity contribution is -0.156. The molecule has 10 nitrogen and oxygen atoms in total. The third-order valence-electron chi connectivity index (χ3n) is 5.39. The normalized spacial score (nSPS) is 21.7. The number of esters is 1. The molecule has 12 heteroatoms. The SMILES string of the molecule is C[C@@H](OC(=O)[C@@H]1CCCN1S(C)(=O)=O)C(=O)Nc1ccc(S(=O)(=O)N2CCCC2)cc1. The van der Waals surface area contributed by atoms with Crippen molar-refractivity contribution in [2.45, 2.75) is 49.6 Å². The Morgan fingerprint density at radius 3 is 2.23 bits per heavy atom. The Kier molecular flexibility index (Phi) is 7.04. The Hall–Kier alpha value is -2.02. The van der Waals surface area contributed by atoms with Gasteiger partial charge in [-0.3, -0.25) is 9.59 Å². The summed E-state index contributed by atoms with van der Waals surface area (Å²) in [5, 5.41) is 2.57. The maximum atomic E-state index is 12.6. The lowest BCUT2D eigenvalue weighted by Crippen LogP contribution is -2.43. The minimum Gasteiger partial charge on any atom is -0.451 e. The van der Waals surface area contributed by atoms with Crippen LogP contribution in [0.1, 0.15) is 32.6 Å². The summed E-state index contributed by atoms with van der Waals surface area (Å²) in [7, 11) is -7.09. The average Bonchev–Trinajstić information content (AvgIpc) is 3.40. The fourth-order valence-corrected chi connectivity index (χ4v) is 6.34. The molecule has 0 bridgehead atoms. The summed E-state index contributed by atoms with van der Waals surface area (Å²) >= 11 is 0. The second kappa shape index (κ2) is 9.23. The first kappa shape index (κ1) is 23.6. The van der Waals surface area contributed by atoms with Crippen LogP contribution >= 0.6 is 0 Å². The molecule has 0 spiro atoms. The molecule has 1 N–H and O–H groups in total. The Balaban J connectivity index is 1.59. The van der Waals surface area contributed by atoms with Gasteiger partial charge in [-0.1, -0.05) is 0 Å². The van der Waals surface area contributed by atoms with Gasteiger partial charge in [0.2, 0.25) is 20.0 Å². The van der Waals surface area contributed by atoms with Crippen molar-refractivity contribution < 1.29 is 31.2 Å². The second-order valence-electron chi connectivity index (χ2n) is 7.74. The fraction of sp³-hybridized carbons (Fsp3) is 0.579. The van der Waals surface area contributed by atoms with Crippen molar-refractivity contribution in [3.05, 3.63) is 24.3 Å². The summed E-state index contributed by atoms with van der Waals surface area (Å²) in [4.78, 5) is 24.9. The lowest BCUT2D eigenvalue weighted by Gasteiger charge is -2.22. The van der Waals surface area contributed by atoms with Crippen LogP contribution in [-0.4, -0.2) is 75.4 Å². The molecule has 0 aliphatic carbocycles. The van der Waals surface area contributed by atoms with E-state index in [4.69, 9.17) is 4.74 Å². The molecule has 172 valence electrons. The highest BCUT2D eigenvalue weighted by molar-refractivity contribution is 7.89. The van der Waals surface area contributed by atoms with Crippen molar-refractivity contribution in [2.75, 3.05) is 31.2 Å². The number of hydrogen-bond acceptors (Lipinski definition) is 7. The van der Waals surface area contributed by atoms with Gasteiger partial charge in [0.15, 0.2) is 6.10 Å². The predicted octanol–water partition coefficient (Wildman–Crippen LogP) is 0.765. The van der Waals surface area contributed by atoms with Crippen LogP contribution in [0.4, 0.5) is 5.69 Å². The molecule has 31 heavy (non-hydrogen) atoms. The summed E-state index contributed by atoms with van der Waals surface area (Å²) in [5.74, 6) is -1.37. The number of sulfonamides is 2. The highest BCUT2D eigenvalue weighted by Crippen LogP contribution is 2.23. The van der Waals surface area contributed by atoms with E-state index in [2.05, 4.69) is 5.32 Å². The van der Waals surface area contributed by atoms with Crippen LogP contribution in [0.5, 0.6) is 0 Å². The molecule has 2 aliphatic heterocycles. The van der Waals surface area contributed by atoms with Crippen molar-refractivity contribution in [3.63, 3.8) is 0 Å². The highest BCUT2D eigenvalue weighted by atomic mass is 32.2. The standard InChI is InChI=1S/C19H27N3O7S2/c1-14(29-19(24)17-6-5-13-22(17)30(2,25)26)18(23)20-15-7-9-16(10-8-15)31(27,28)21-11-3-4-12-21/h7-10,14,17H,3-6,11-13H2,1-2H3,(H,20,23)/t14-,17+/m1/s1. The molecular formula is C19H27N3O7S2. The number of ether oxygens (including phenoxy) is 1. The van der Waals surface area contributed by atoms with E-state index >= 15 is 0 Å². The van der Waals surface area contributed by atoms with Crippen molar-refractivity contribution in [2.24, 2.45) is 0 Å². The molecule has 3 rings (SSSR count). The number of anilines is 1. The van der Waals surface area contributed by atoms with Crippen LogP contribution in [0, 0.1) is 0 Å². The Morgan fingerprint density at radius 2 is 1.65 bits per heavy atom. The second-order valence-corrected chi connectivity index (χ2v) is 11.6. The van der Waals surface area contributed by atoms with Crippen LogP contribution < -0.4 is 5.32 Å². The van der Waals surface area contributed by atoms with Crippen molar-refractivity contribution >= 4 is 37.6 Å². The number of hydrogen-bond donors (Lipinski definition) is 1. The number of benzene rings is 1. The molecule has 2 saturated heterocycles. The first-order chi connectivity index (χ1) is 14.5. The molecule has 0 unspecified atom stereocenters. The van der Waals surface area contributed by atoms with E-state index in [1.54, 1.807) is 0 Å². The largest absolute Gasteiger partial charge is 0.451 e. The molecule has 2 atom stereocenters. The van der Waals surface area contributed by atoms with Crippen LogP contribution in [0.25, 0.3) is 0 Å². The maximum Gasteiger partial charge on any atom is 0.325 e. The van der Waals surface area contributed by atoms with Gasteiger partial charge < -0.3 is 10.1 Å². The zero-order valence-electron chi connectivity index (χ0n) is 17.5. The fourth-order valence-electron chi connectivity index (χ4n) is 3.71. The van der Waals surface area contributed by atoms with Gasteiger partial charge in [-0.25, -0.2) is 16.8 Å². The number of amides is 1. The van der Waals surface area contributed by atoms with Crippen molar-refractivity contribution in [1.29, 1.82) is 0 Å². The topological polar surface area (TPSA) is 130 Å². The van der Waals surface area contributed by atoms with Gasteiger partial charge >= 0.3 is 5.97 Å². The minimum atomic E-state index is -3.55. The Morgan fingerprint density at radius 1 is 1.03 bits per heavy atom. The molecule has 2 fully saturated rings. The lowest BCUT2D eigenvalue weighted by atomic mass is 10.2. The number of carbonyl (C=O) groups excluding carboxylic acids is 2. The van der Waals surface area contributed by atoms with Crippen LogP contribution in [0.2, 0.25) is 0 Å². The smallest absolute Gasteiger partial charge is 0.325 e.